The van der Waals surface area contributed by atoms with Gasteiger partial charge in [0.15, 0.2) is 0 Å². The third-order valence-electron chi connectivity index (χ3n) is 3.84. The maximum atomic E-state index is 12.8. The average molecular weight is 345 g/mol. The van der Waals surface area contributed by atoms with Gasteiger partial charge in [-0.3, -0.25) is 4.79 Å². The van der Waals surface area contributed by atoms with Crippen LogP contribution in [0.2, 0.25) is 0 Å². The molecule has 22 heavy (non-hydrogen) atoms. The van der Waals surface area contributed by atoms with E-state index in [-0.39, 0.29) is 5.91 Å². The highest BCUT2D eigenvalue weighted by atomic mass is 32.2. The van der Waals surface area contributed by atoms with E-state index in [0.717, 1.165) is 11.3 Å². The number of aryl methyl sites for hydroxylation is 1. The van der Waals surface area contributed by atoms with E-state index >= 15 is 0 Å². The van der Waals surface area contributed by atoms with Gasteiger partial charge < -0.3 is 10.2 Å². The zero-order valence-corrected chi connectivity index (χ0v) is 14.8. The second-order valence-corrected chi connectivity index (χ2v) is 8.91. The summed E-state index contributed by atoms with van der Waals surface area (Å²) in [5.41, 5.74) is 0. The van der Waals surface area contributed by atoms with E-state index in [4.69, 9.17) is 0 Å². The van der Waals surface area contributed by atoms with Crippen molar-refractivity contribution in [2.75, 3.05) is 33.7 Å². The number of carbonyl (C=O) groups excluding carboxylic acids is 1. The summed E-state index contributed by atoms with van der Waals surface area (Å²) in [7, 11) is -0.0338. The molecule has 0 saturated carbocycles. The molecule has 1 fully saturated rings. The zero-order chi connectivity index (χ0) is 16.3. The molecule has 6 nitrogen and oxygen atoms in total. The van der Waals surface area contributed by atoms with Gasteiger partial charge >= 0.3 is 0 Å². The molecule has 8 heteroatoms. The molecule has 1 atom stereocenters. The van der Waals surface area contributed by atoms with E-state index in [9.17, 15) is 13.2 Å². The maximum Gasteiger partial charge on any atom is 0.253 e. The van der Waals surface area contributed by atoms with Crippen LogP contribution in [0.3, 0.4) is 0 Å². The van der Waals surface area contributed by atoms with E-state index in [1.54, 1.807) is 24.1 Å². The lowest BCUT2D eigenvalue weighted by Crippen LogP contribution is -2.47. The second-order valence-electron chi connectivity index (χ2n) is 5.50. The number of likely N-dealkylation sites (N-methyl/N-ethyl adjacent to an activating group) is 2. The molecule has 0 radical (unpaired) electrons. The molecule has 1 aliphatic heterocycles. The number of nitrogens with one attached hydrogen (secondary N) is 1. The van der Waals surface area contributed by atoms with Crippen LogP contribution in [0, 0.1) is 6.92 Å². The van der Waals surface area contributed by atoms with Crippen molar-refractivity contribution >= 4 is 27.3 Å². The topological polar surface area (TPSA) is 69.7 Å². The summed E-state index contributed by atoms with van der Waals surface area (Å²) in [5, 5.41) is 2.99. The van der Waals surface area contributed by atoms with Gasteiger partial charge in [0.1, 0.15) is 10.3 Å². The molecule has 1 aliphatic rings. The van der Waals surface area contributed by atoms with Gasteiger partial charge in [-0.2, -0.15) is 4.31 Å². The first-order valence-corrected chi connectivity index (χ1v) is 9.61. The fourth-order valence-corrected chi connectivity index (χ4v) is 5.65. The third kappa shape index (κ3) is 3.51. The highest BCUT2D eigenvalue weighted by Gasteiger charge is 2.40. The van der Waals surface area contributed by atoms with Gasteiger partial charge in [0.2, 0.25) is 5.91 Å². The fourth-order valence-electron chi connectivity index (χ4n) is 2.59. The minimum atomic E-state index is -3.58. The molecular weight excluding hydrogens is 322 g/mol. The van der Waals surface area contributed by atoms with Crippen LogP contribution in [0.15, 0.2) is 16.3 Å². The van der Waals surface area contributed by atoms with Crippen molar-refractivity contribution in [2.24, 2.45) is 0 Å². The highest BCUT2D eigenvalue weighted by Crippen LogP contribution is 2.30. The first kappa shape index (κ1) is 17.4. The Kier molecular flexibility index (Phi) is 5.60. The summed E-state index contributed by atoms with van der Waals surface area (Å²) < 4.78 is 27.2. The second kappa shape index (κ2) is 7.08. The van der Waals surface area contributed by atoms with Gasteiger partial charge in [-0.25, -0.2) is 8.42 Å². The Morgan fingerprint density at radius 3 is 2.82 bits per heavy atom. The van der Waals surface area contributed by atoms with Crippen LogP contribution in [0.25, 0.3) is 0 Å². The van der Waals surface area contributed by atoms with E-state index in [1.165, 1.54) is 15.6 Å². The van der Waals surface area contributed by atoms with Gasteiger partial charge in [0.05, 0.1) is 0 Å². The smallest absolute Gasteiger partial charge is 0.253 e. The van der Waals surface area contributed by atoms with Gasteiger partial charge in [-0.15, -0.1) is 11.3 Å². The minimum Gasteiger partial charge on any atom is -0.343 e. The van der Waals surface area contributed by atoms with Crippen molar-refractivity contribution in [2.45, 2.75) is 30.0 Å². The summed E-state index contributed by atoms with van der Waals surface area (Å²) in [4.78, 5) is 15.1. The molecule has 2 rings (SSSR count). The van der Waals surface area contributed by atoms with Gasteiger partial charge in [-0.1, -0.05) is 0 Å². The Labute approximate surface area is 136 Å². The number of rotatable bonds is 6. The molecule has 1 N–H and O–H groups in total. The Bertz CT molecular complexity index is 627. The number of carbonyl (C=O) groups is 1. The largest absolute Gasteiger partial charge is 0.343 e. The molecule has 2 heterocycles. The summed E-state index contributed by atoms with van der Waals surface area (Å²) in [6.07, 6.45) is 1.31. The SMILES string of the molecule is CNCCN(C)C(=O)C1CCCN1S(=O)(=O)c1ccc(C)s1. The Balaban J connectivity index is 2.18. The molecule has 1 amide bonds. The predicted octanol–water partition coefficient (Wildman–Crippen LogP) is 0.887. The van der Waals surface area contributed by atoms with E-state index in [1.807, 2.05) is 14.0 Å². The van der Waals surface area contributed by atoms with Crippen molar-refractivity contribution in [1.82, 2.24) is 14.5 Å². The highest BCUT2D eigenvalue weighted by molar-refractivity contribution is 7.91. The lowest BCUT2D eigenvalue weighted by molar-refractivity contribution is -0.133. The molecule has 1 aromatic rings. The molecular formula is C14H23N3O3S2. The number of nitrogens with zero attached hydrogens (tertiary/aromatic N) is 2. The van der Waals surface area contributed by atoms with Crippen molar-refractivity contribution < 1.29 is 13.2 Å². The Morgan fingerprint density at radius 1 is 1.50 bits per heavy atom. The molecule has 0 aromatic carbocycles. The van der Waals surface area contributed by atoms with E-state index in [0.29, 0.717) is 30.3 Å². The van der Waals surface area contributed by atoms with Crippen LogP contribution >= 0.6 is 11.3 Å². The first-order valence-electron chi connectivity index (χ1n) is 7.36. The predicted molar refractivity (Wildman–Crippen MR) is 87.5 cm³/mol. The van der Waals surface area contributed by atoms with Gasteiger partial charge in [-0.05, 0) is 38.9 Å². The zero-order valence-electron chi connectivity index (χ0n) is 13.2. The monoisotopic (exact) mass is 345 g/mol. The molecule has 0 aliphatic carbocycles. The number of hydrogen-bond acceptors (Lipinski definition) is 5. The summed E-state index contributed by atoms with van der Waals surface area (Å²) >= 11 is 1.25. The molecule has 1 saturated heterocycles. The van der Waals surface area contributed by atoms with Crippen LogP contribution < -0.4 is 5.32 Å². The number of hydrogen-bond donors (Lipinski definition) is 1. The molecule has 1 aromatic heterocycles. The van der Waals surface area contributed by atoms with Crippen molar-refractivity contribution in [1.29, 1.82) is 0 Å². The van der Waals surface area contributed by atoms with Gasteiger partial charge in [0, 0.05) is 31.6 Å². The van der Waals surface area contributed by atoms with Crippen LogP contribution in [0.4, 0.5) is 0 Å². The fraction of sp³-hybridized carbons (Fsp3) is 0.643. The average Bonchev–Trinajstić information content (AvgIpc) is 3.12. The number of sulfonamides is 1. The third-order valence-corrected chi connectivity index (χ3v) is 7.22. The first-order chi connectivity index (χ1) is 10.4. The van der Waals surface area contributed by atoms with Crippen molar-refractivity contribution in [3.05, 3.63) is 17.0 Å². The van der Waals surface area contributed by atoms with Crippen LogP contribution in [0.1, 0.15) is 17.7 Å². The number of amides is 1. The van der Waals surface area contributed by atoms with Crippen LogP contribution in [0.5, 0.6) is 0 Å². The lowest BCUT2D eigenvalue weighted by Gasteiger charge is -2.27. The summed E-state index contributed by atoms with van der Waals surface area (Å²) in [6.45, 7) is 3.54. The molecule has 124 valence electrons. The van der Waals surface area contributed by atoms with Crippen LogP contribution in [-0.4, -0.2) is 63.3 Å². The molecule has 0 spiro atoms. The van der Waals surface area contributed by atoms with Crippen LogP contribution in [-0.2, 0) is 14.8 Å². The van der Waals surface area contributed by atoms with Gasteiger partial charge in [0.25, 0.3) is 10.0 Å². The quantitative estimate of drug-likeness (QED) is 0.831. The Hall–Kier alpha value is -0.960. The minimum absolute atomic E-state index is 0.121. The normalized spacial score (nSPS) is 19.5. The maximum absolute atomic E-state index is 12.8. The molecule has 1 unspecified atom stereocenters. The van der Waals surface area contributed by atoms with E-state index in [2.05, 4.69) is 5.32 Å². The lowest BCUT2D eigenvalue weighted by atomic mass is 10.2. The number of thiophene rings is 1. The Morgan fingerprint density at radius 2 is 2.23 bits per heavy atom. The summed E-state index contributed by atoms with van der Waals surface area (Å²) in [6, 6.07) is 2.85. The van der Waals surface area contributed by atoms with Crippen molar-refractivity contribution in [3.8, 4) is 0 Å². The standard InChI is InChI=1S/C14H23N3O3S2/c1-11-6-7-13(21-11)22(19,20)17-9-4-5-12(17)14(18)16(3)10-8-15-2/h6-7,12,15H,4-5,8-10H2,1-3H3. The van der Waals surface area contributed by atoms with Crippen molar-refractivity contribution in [3.63, 3.8) is 0 Å². The van der Waals surface area contributed by atoms with E-state index < -0.39 is 16.1 Å². The molecule has 0 bridgehead atoms. The summed E-state index contributed by atoms with van der Waals surface area (Å²) in [5.74, 6) is -0.121.